The number of benzene rings is 1. The van der Waals surface area contributed by atoms with Gasteiger partial charge in [-0.05, 0) is 24.6 Å². The average molecular weight is 312 g/mol. The fraction of sp³-hybridized carbons (Fsp3) is 0.467. The number of amides is 1. The molecule has 22 heavy (non-hydrogen) atoms. The van der Waals surface area contributed by atoms with Crippen LogP contribution in [0.1, 0.15) is 18.9 Å². The molecule has 1 atom stereocenters. The SMILES string of the molecule is CCOC(=O)C[C@@H]1C(=O)NCCN1Cc1ccc(F)c(F)c1. The standard InChI is InChI=1S/C15H18F2N2O3/c1-2-22-14(20)8-13-15(21)18-5-6-19(13)9-10-3-4-11(16)12(17)7-10/h3-4,7,13H,2,5-6,8-9H2,1H3,(H,18,21)/t13-/m1/s1. The number of nitrogens with one attached hydrogen (secondary N) is 1. The zero-order chi connectivity index (χ0) is 16.1. The van der Waals surface area contributed by atoms with Crippen LogP contribution in [-0.4, -0.2) is 42.5 Å². The van der Waals surface area contributed by atoms with Crippen LogP contribution in [0.2, 0.25) is 0 Å². The van der Waals surface area contributed by atoms with Gasteiger partial charge in [0.15, 0.2) is 11.6 Å². The molecule has 1 amide bonds. The summed E-state index contributed by atoms with van der Waals surface area (Å²) >= 11 is 0. The van der Waals surface area contributed by atoms with Crippen molar-refractivity contribution in [2.45, 2.75) is 25.9 Å². The number of carbonyl (C=O) groups excluding carboxylic acids is 2. The van der Waals surface area contributed by atoms with E-state index in [1.807, 2.05) is 0 Å². The maximum Gasteiger partial charge on any atom is 0.307 e. The smallest absolute Gasteiger partial charge is 0.307 e. The predicted octanol–water partition coefficient (Wildman–Crippen LogP) is 1.22. The third kappa shape index (κ3) is 4.00. The Labute approximate surface area is 127 Å². The molecule has 0 unspecified atom stereocenters. The molecule has 1 aromatic carbocycles. The summed E-state index contributed by atoms with van der Waals surface area (Å²) in [5, 5.41) is 2.69. The molecule has 1 N–H and O–H groups in total. The molecular weight excluding hydrogens is 294 g/mol. The minimum absolute atomic E-state index is 0.0661. The summed E-state index contributed by atoms with van der Waals surface area (Å²) in [6.45, 7) is 3.17. The van der Waals surface area contributed by atoms with Crippen molar-refractivity contribution in [3.8, 4) is 0 Å². The van der Waals surface area contributed by atoms with E-state index in [2.05, 4.69) is 5.32 Å². The molecule has 7 heteroatoms. The van der Waals surface area contributed by atoms with E-state index in [-0.39, 0.29) is 25.5 Å². The van der Waals surface area contributed by atoms with E-state index < -0.39 is 23.6 Å². The van der Waals surface area contributed by atoms with E-state index >= 15 is 0 Å². The van der Waals surface area contributed by atoms with Gasteiger partial charge in [0.05, 0.1) is 13.0 Å². The molecule has 1 saturated heterocycles. The molecule has 1 aliphatic heterocycles. The van der Waals surface area contributed by atoms with Gasteiger partial charge in [-0.15, -0.1) is 0 Å². The Hall–Kier alpha value is -2.02. The van der Waals surface area contributed by atoms with Crippen LogP contribution < -0.4 is 5.32 Å². The molecule has 0 aliphatic carbocycles. The first-order valence-corrected chi connectivity index (χ1v) is 7.12. The van der Waals surface area contributed by atoms with Gasteiger partial charge in [0.2, 0.25) is 5.91 Å². The van der Waals surface area contributed by atoms with Crippen molar-refractivity contribution in [1.29, 1.82) is 0 Å². The van der Waals surface area contributed by atoms with E-state index in [1.165, 1.54) is 6.07 Å². The fourth-order valence-corrected chi connectivity index (χ4v) is 2.42. The van der Waals surface area contributed by atoms with Crippen molar-refractivity contribution < 1.29 is 23.1 Å². The first kappa shape index (κ1) is 16.4. The number of carbonyl (C=O) groups is 2. The van der Waals surface area contributed by atoms with Crippen molar-refractivity contribution in [1.82, 2.24) is 10.2 Å². The topological polar surface area (TPSA) is 58.6 Å². The summed E-state index contributed by atoms with van der Waals surface area (Å²) in [7, 11) is 0. The minimum Gasteiger partial charge on any atom is -0.466 e. The molecule has 120 valence electrons. The first-order chi connectivity index (χ1) is 10.5. The summed E-state index contributed by atoms with van der Waals surface area (Å²) < 4.78 is 31.1. The molecule has 1 heterocycles. The van der Waals surface area contributed by atoms with Gasteiger partial charge in [0, 0.05) is 19.6 Å². The van der Waals surface area contributed by atoms with Gasteiger partial charge in [-0.3, -0.25) is 14.5 Å². The molecule has 0 radical (unpaired) electrons. The number of esters is 1. The van der Waals surface area contributed by atoms with E-state index in [0.717, 1.165) is 12.1 Å². The first-order valence-electron chi connectivity index (χ1n) is 7.12. The van der Waals surface area contributed by atoms with Crippen LogP contribution in [0.5, 0.6) is 0 Å². The zero-order valence-corrected chi connectivity index (χ0v) is 12.3. The Bertz CT molecular complexity index is 566. The highest BCUT2D eigenvalue weighted by molar-refractivity contribution is 5.87. The number of halogens is 2. The summed E-state index contributed by atoms with van der Waals surface area (Å²) in [6.07, 6.45) is -0.0661. The third-order valence-corrected chi connectivity index (χ3v) is 3.48. The lowest BCUT2D eigenvalue weighted by Gasteiger charge is -2.34. The summed E-state index contributed by atoms with van der Waals surface area (Å²) in [6, 6.07) is 2.95. The Kier molecular flexibility index (Phi) is 5.43. The molecule has 0 aromatic heterocycles. The highest BCUT2D eigenvalue weighted by Gasteiger charge is 2.32. The van der Waals surface area contributed by atoms with Crippen LogP contribution in [0.4, 0.5) is 8.78 Å². The van der Waals surface area contributed by atoms with Gasteiger partial charge in [-0.25, -0.2) is 8.78 Å². The minimum atomic E-state index is -0.930. The van der Waals surface area contributed by atoms with Crippen LogP contribution in [0.15, 0.2) is 18.2 Å². The lowest BCUT2D eigenvalue weighted by molar-refractivity contribution is -0.148. The Morgan fingerprint density at radius 2 is 2.18 bits per heavy atom. The number of rotatable bonds is 5. The second-order valence-corrected chi connectivity index (χ2v) is 5.03. The molecule has 2 rings (SSSR count). The third-order valence-electron chi connectivity index (χ3n) is 3.48. The molecule has 0 saturated carbocycles. The number of nitrogens with zero attached hydrogens (tertiary/aromatic N) is 1. The van der Waals surface area contributed by atoms with Gasteiger partial charge in [0.1, 0.15) is 6.04 Å². The van der Waals surface area contributed by atoms with Crippen LogP contribution in [0.25, 0.3) is 0 Å². The Morgan fingerprint density at radius 3 is 2.86 bits per heavy atom. The highest BCUT2D eigenvalue weighted by atomic mass is 19.2. The summed E-state index contributed by atoms with van der Waals surface area (Å²) in [5.41, 5.74) is 0.544. The van der Waals surface area contributed by atoms with Gasteiger partial charge in [-0.1, -0.05) is 6.07 Å². The summed E-state index contributed by atoms with van der Waals surface area (Å²) in [4.78, 5) is 25.3. The average Bonchev–Trinajstić information content (AvgIpc) is 2.47. The van der Waals surface area contributed by atoms with Gasteiger partial charge >= 0.3 is 5.97 Å². The molecule has 0 bridgehead atoms. The summed E-state index contributed by atoms with van der Waals surface area (Å²) in [5.74, 6) is -2.56. The van der Waals surface area contributed by atoms with E-state index in [9.17, 15) is 18.4 Å². The van der Waals surface area contributed by atoms with Crippen molar-refractivity contribution in [2.24, 2.45) is 0 Å². The molecule has 1 aliphatic rings. The van der Waals surface area contributed by atoms with Crippen molar-refractivity contribution in [2.75, 3.05) is 19.7 Å². The number of piperazine rings is 1. The van der Waals surface area contributed by atoms with Gasteiger partial charge < -0.3 is 10.1 Å². The van der Waals surface area contributed by atoms with Crippen LogP contribution in [0, 0.1) is 11.6 Å². The van der Waals surface area contributed by atoms with Gasteiger partial charge in [0.25, 0.3) is 0 Å². The lowest BCUT2D eigenvalue weighted by atomic mass is 10.1. The molecular formula is C15H18F2N2O3. The molecule has 0 spiro atoms. The van der Waals surface area contributed by atoms with Crippen LogP contribution >= 0.6 is 0 Å². The molecule has 1 fully saturated rings. The van der Waals surface area contributed by atoms with Crippen molar-refractivity contribution in [3.05, 3.63) is 35.4 Å². The maximum absolute atomic E-state index is 13.3. The number of hydrogen-bond donors (Lipinski definition) is 1. The predicted molar refractivity (Wildman–Crippen MR) is 74.8 cm³/mol. The normalized spacial score (nSPS) is 18.9. The van der Waals surface area contributed by atoms with Crippen LogP contribution in [-0.2, 0) is 20.9 Å². The van der Waals surface area contributed by atoms with Crippen molar-refractivity contribution in [3.63, 3.8) is 0 Å². The number of ether oxygens (including phenoxy) is 1. The van der Waals surface area contributed by atoms with Gasteiger partial charge in [-0.2, -0.15) is 0 Å². The fourth-order valence-electron chi connectivity index (χ4n) is 2.42. The highest BCUT2D eigenvalue weighted by Crippen LogP contribution is 2.16. The molecule has 1 aromatic rings. The van der Waals surface area contributed by atoms with E-state index in [1.54, 1.807) is 11.8 Å². The largest absolute Gasteiger partial charge is 0.466 e. The zero-order valence-electron chi connectivity index (χ0n) is 12.3. The second-order valence-electron chi connectivity index (χ2n) is 5.03. The molecule has 5 nitrogen and oxygen atoms in total. The van der Waals surface area contributed by atoms with E-state index in [0.29, 0.717) is 18.7 Å². The number of hydrogen-bond acceptors (Lipinski definition) is 4. The van der Waals surface area contributed by atoms with Crippen molar-refractivity contribution >= 4 is 11.9 Å². The lowest BCUT2D eigenvalue weighted by Crippen LogP contribution is -2.55. The monoisotopic (exact) mass is 312 g/mol. The Balaban J connectivity index is 2.09. The quantitative estimate of drug-likeness (QED) is 0.831. The van der Waals surface area contributed by atoms with Crippen LogP contribution in [0.3, 0.4) is 0 Å². The maximum atomic E-state index is 13.3. The Morgan fingerprint density at radius 1 is 1.41 bits per heavy atom. The van der Waals surface area contributed by atoms with E-state index in [4.69, 9.17) is 4.74 Å². The second kappa shape index (κ2) is 7.31.